The molecule has 8 heteroatoms. The van der Waals surface area contributed by atoms with Gasteiger partial charge in [0.25, 0.3) is 0 Å². The Morgan fingerprint density at radius 3 is 2.00 bits per heavy atom. The van der Waals surface area contributed by atoms with Crippen LogP contribution in [0, 0.1) is 10.8 Å². The van der Waals surface area contributed by atoms with Crippen LogP contribution < -0.4 is 10.6 Å². The molecule has 0 unspecified atom stereocenters. The predicted molar refractivity (Wildman–Crippen MR) is 95.6 cm³/mol. The maximum absolute atomic E-state index is 11.5. The van der Waals surface area contributed by atoms with E-state index in [0.717, 1.165) is 5.56 Å². The highest BCUT2D eigenvalue weighted by Crippen LogP contribution is 2.24. The quantitative estimate of drug-likeness (QED) is 0.498. The number of carboxylic acid groups (broad SMARTS) is 1. The van der Waals surface area contributed by atoms with Gasteiger partial charge in [-0.25, -0.2) is 4.79 Å². The summed E-state index contributed by atoms with van der Waals surface area (Å²) in [7, 11) is 3.41. The zero-order valence-electron chi connectivity index (χ0n) is 14.8. The summed E-state index contributed by atoms with van der Waals surface area (Å²) in [6, 6.07) is 6.98. The van der Waals surface area contributed by atoms with E-state index >= 15 is 0 Å². The van der Waals surface area contributed by atoms with Crippen molar-refractivity contribution in [2.75, 3.05) is 19.0 Å². The standard InChI is InChI=1S/C16H26N6O2/c1-16(2,3)22(15(23)24)12-8-6-11(7-9-12)10-21(13(17)18)14(19)20(4)5/h6-9,19H,10H2,1-5H3,(H3,17,18)(H,23,24). The van der Waals surface area contributed by atoms with Crippen molar-refractivity contribution in [1.82, 2.24) is 9.80 Å². The third-order valence-corrected chi connectivity index (χ3v) is 3.37. The van der Waals surface area contributed by atoms with Gasteiger partial charge in [0.2, 0.25) is 0 Å². The predicted octanol–water partition coefficient (Wildman–Crippen LogP) is 2.16. The number of nitrogens with two attached hydrogens (primary N) is 1. The van der Waals surface area contributed by atoms with Crippen molar-refractivity contribution < 1.29 is 9.90 Å². The molecule has 1 amide bonds. The molecule has 5 N–H and O–H groups in total. The van der Waals surface area contributed by atoms with Gasteiger partial charge in [-0.3, -0.25) is 20.6 Å². The van der Waals surface area contributed by atoms with E-state index in [4.69, 9.17) is 16.6 Å². The van der Waals surface area contributed by atoms with Crippen LogP contribution in [-0.2, 0) is 6.54 Å². The molecule has 1 rings (SSSR count). The third-order valence-electron chi connectivity index (χ3n) is 3.37. The second-order valence-corrected chi connectivity index (χ2v) is 6.64. The van der Waals surface area contributed by atoms with Crippen molar-refractivity contribution in [3.8, 4) is 0 Å². The van der Waals surface area contributed by atoms with Crippen molar-refractivity contribution in [3.63, 3.8) is 0 Å². The molecule has 0 fully saturated rings. The van der Waals surface area contributed by atoms with Gasteiger partial charge < -0.3 is 15.7 Å². The second-order valence-electron chi connectivity index (χ2n) is 6.64. The molecule has 8 nitrogen and oxygen atoms in total. The fourth-order valence-electron chi connectivity index (χ4n) is 2.23. The lowest BCUT2D eigenvalue weighted by Gasteiger charge is -2.33. The molecule has 0 radical (unpaired) electrons. The Morgan fingerprint density at radius 1 is 1.17 bits per heavy atom. The summed E-state index contributed by atoms with van der Waals surface area (Å²) in [6.07, 6.45) is -1.02. The third kappa shape index (κ3) is 4.61. The van der Waals surface area contributed by atoms with Gasteiger partial charge in [0.1, 0.15) is 0 Å². The van der Waals surface area contributed by atoms with Crippen molar-refractivity contribution in [1.29, 1.82) is 10.8 Å². The Balaban J connectivity index is 3.04. The molecule has 0 aliphatic carbocycles. The Kier molecular flexibility index (Phi) is 5.78. The van der Waals surface area contributed by atoms with E-state index in [1.54, 1.807) is 43.3 Å². The topological polar surface area (TPSA) is 121 Å². The minimum absolute atomic E-state index is 0.105. The van der Waals surface area contributed by atoms with E-state index in [1.807, 2.05) is 20.8 Å². The minimum atomic E-state index is -1.02. The van der Waals surface area contributed by atoms with E-state index in [2.05, 4.69) is 0 Å². The van der Waals surface area contributed by atoms with E-state index in [1.165, 1.54) is 9.80 Å². The van der Waals surface area contributed by atoms with Crippen LogP contribution in [-0.4, -0.2) is 52.6 Å². The lowest BCUT2D eigenvalue weighted by Crippen LogP contribution is -2.46. The number of amides is 1. The number of carbonyl (C=O) groups is 1. The molecule has 132 valence electrons. The van der Waals surface area contributed by atoms with Gasteiger partial charge in [-0.2, -0.15) is 0 Å². The molecule has 0 atom stereocenters. The summed E-state index contributed by atoms with van der Waals surface area (Å²) < 4.78 is 0. The number of hydrogen-bond donors (Lipinski definition) is 4. The molecule has 0 aliphatic rings. The van der Waals surface area contributed by atoms with Crippen LogP contribution in [0.15, 0.2) is 24.3 Å². The average Bonchev–Trinajstić information content (AvgIpc) is 2.43. The molecule has 24 heavy (non-hydrogen) atoms. The number of guanidine groups is 2. The summed E-state index contributed by atoms with van der Waals surface area (Å²) in [6.45, 7) is 5.73. The molecular formula is C16H26N6O2. The normalized spacial score (nSPS) is 10.9. The van der Waals surface area contributed by atoms with Gasteiger partial charge in [0.05, 0.1) is 6.54 Å². The highest BCUT2D eigenvalue weighted by atomic mass is 16.4. The first-order valence-electron chi connectivity index (χ1n) is 7.44. The van der Waals surface area contributed by atoms with Crippen molar-refractivity contribution in [2.24, 2.45) is 5.73 Å². The van der Waals surface area contributed by atoms with Crippen LogP contribution in [0.2, 0.25) is 0 Å². The molecule has 1 aromatic rings. The average molecular weight is 334 g/mol. The summed E-state index contributed by atoms with van der Waals surface area (Å²) in [5.41, 5.74) is 6.38. The van der Waals surface area contributed by atoms with Gasteiger partial charge in [0, 0.05) is 25.3 Å². The lowest BCUT2D eigenvalue weighted by atomic mass is 10.0. The van der Waals surface area contributed by atoms with Gasteiger partial charge in [0.15, 0.2) is 11.9 Å². The number of benzene rings is 1. The molecule has 0 saturated carbocycles. The van der Waals surface area contributed by atoms with Gasteiger partial charge in [-0.05, 0) is 38.5 Å². The molecule has 0 saturated heterocycles. The fraction of sp³-hybridized carbons (Fsp3) is 0.438. The van der Waals surface area contributed by atoms with Gasteiger partial charge in [-0.1, -0.05) is 12.1 Å². The molecule has 1 aromatic carbocycles. The van der Waals surface area contributed by atoms with Crippen molar-refractivity contribution in [3.05, 3.63) is 29.8 Å². The number of nitrogens with one attached hydrogen (secondary N) is 2. The van der Waals surface area contributed by atoms with Crippen LogP contribution >= 0.6 is 0 Å². The zero-order valence-corrected chi connectivity index (χ0v) is 14.8. The number of anilines is 1. The Labute approximate surface area is 142 Å². The molecular weight excluding hydrogens is 308 g/mol. The first-order valence-corrected chi connectivity index (χ1v) is 7.44. The minimum Gasteiger partial charge on any atom is -0.465 e. The zero-order chi connectivity index (χ0) is 18.7. The number of rotatable bonds is 3. The van der Waals surface area contributed by atoms with E-state index in [-0.39, 0.29) is 18.5 Å². The highest BCUT2D eigenvalue weighted by Gasteiger charge is 2.27. The monoisotopic (exact) mass is 334 g/mol. The molecule has 0 aliphatic heterocycles. The summed E-state index contributed by atoms with van der Waals surface area (Å²) in [5, 5.41) is 25.0. The lowest BCUT2D eigenvalue weighted by molar-refractivity contribution is 0.195. The molecule has 0 aromatic heterocycles. The van der Waals surface area contributed by atoms with E-state index < -0.39 is 11.6 Å². The van der Waals surface area contributed by atoms with Crippen LogP contribution in [0.3, 0.4) is 0 Å². The molecule has 0 heterocycles. The molecule has 0 spiro atoms. The van der Waals surface area contributed by atoms with Crippen LogP contribution in [0.1, 0.15) is 26.3 Å². The second kappa shape index (κ2) is 7.20. The summed E-state index contributed by atoms with van der Waals surface area (Å²) >= 11 is 0. The Hall–Kier alpha value is -2.77. The van der Waals surface area contributed by atoms with Crippen molar-refractivity contribution >= 4 is 23.7 Å². The van der Waals surface area contributed by atoms with Crippen LogP contribution in [0.4, 0.5) is 10.5 Å². The van der Waals surface area contributed by atoms with Crippen LogP contribution in [0.5, 0.6) is 0 Å². The summed E-state index contributed by atoms with van der Waals surface area (Å²) in [4.78, 5) is 15.7. The first-order chi connectivity index (χ1) is 10.9. The van der Waals surface area contributed by atoms with Gasteiger partial charge >= 0.3 is 6.09 Å². The maximum Gasteiger partial charge on any atom is 0.412 e. The SMILES string of the molecule is CN(C)C(=N)N(Cc1ccc(N(C(=O)O)C(C)(C)C)cc1)C(=N)N. The Morgan fingerprint density at radius 2 is 1.67 bits per heavy atom. The van der Waals surface area contributed by atoms with Crippen LogP contribution in [0.25, 0.3) is 0 Å². The first kappa shape index (κ1) is 19.3. The summed E-state index contributed by atoms with van der Waals surface area (Å²) in [5.74, 6) is -0.118. The highest BCUT2D eigenvalue weighted by molar-refractivity contribution is 5.94. The van der Waals surface area contributed by atoms with Crippen molar-refractivity contribution in [2.45, 2.75) is 32.9 Å². The van der Waals surface area contributed by atoms with Gasteiger partial charge in [-0.15, -0.1) is 0 Å². The number of nitrogens with zero attached hydrogens (tertiary/aromatic N) is 3. The smallest absolute Gasteiger partial charge is 0.412 e. The molecule has 0 bridgehead atoms. The van der Waals surface area contributed by atoms with E-state index in [9.17, 15) is 9.90 Å². The fourth-order valence-corrected chi connectivity index (χ4v) is 2.23. The van der Waals surface area contributed by atoms with E-state index in [0.29, 0.717) is 5.69 Å². The largest absolute Gasteiger partial charge is 0.465 e. The number of hydrogen-bond acceptors (Lipinski definition) is 3. The Bertz CT molecular complexity index is 618. The maximum atomic E-state index is 11.5.